The largest absolute Gasteiger partial charge is 0.486 e. The molecule has 0 aliphatic carbocycles. The number of aryl methyl sites for hydroxylation is 1. The van der Waals surface area contributed by atoms with Crippen molar-refractivity contribution in [3.8, 4) is 11.5 Å². The smallest absolute Gasteiger partial charge is 0.255 e. The zero-order valence-corrected chi connectivity index (χ0v) is 18.1. The second-order valence-electron chi connectivity index (χ2n) is 8.58. The molecule has 1 atom stereocenters. The monoisotopic (exact) mass is 448 g/mol. The maximum atomic E-state index is 12.8. The Balaban J connectivity index is 1.19. The predicted molar refractivity (Wildman–Crippen MR) is 117 cm³/mol. The molecule has 3 heterocycles. The van der Waals surface area contributed by atoms with Gasteiger partial charge < -0.3 is 14.4 Å². The first-order valence-electron chi connectivity index (χ1n) is 11.1. The van der Waals surface area contributed by atoms with Crippen molar-refractivity contribution in [1.82, 2.24) is 10.2 Å². The van der Waals surface area contributed by atoms with Gasteiger partial charge in [-0.15, -0.1) is 0 Å². The van der Waals surface area contributed by atoms with Gasteiger partial charge in [0.1, 0.15) is 25.0 Å². The molecule has 5 rings (SSSR count). The maximum absolute atomic E-state index is 12.8. The van der Waals surface area contributed by atoms with E-state index in [1.165, 1.54) is 4.90 Å². The van der Waals surface area contributed by atoms with Gasteiger partial charge in [0, 0.05) is 31.4 Å². The Morgan fingerprint density at radius 2 is 1.79 bits per heavy atom. The van der Waals surface area contributed by atoms with Crippen LogP contribution in [0, 0.1) is 0 Å². The summed E-state index contributed by atoms with van der Waals surface area (Å²) in [6.45, 7) is 1.37. The molecular weight excluding hydrogens is 424 g/mol. The van der Waals surface area contributed by atoms with Gasteiger partial charge >= 0.3 is 0 Å². The molecule has 33 heavy (non-hydrogen) atoms. The number of Topliss-reactive ketones (excluding diaryl/α,β-unsaturated/α-hetero) is 1. The molecule has 0 bridgehead atoms. The number of carbonyl (C=O) groups is 4. The summed E-state index contributed by atoms with van der Waals surface area (Å²) in [5.74, 6) is 0.585. The lowest BCUT2D eigenvalue weighted by Gasteiger charge is -2.29. The Morgan fingerprint density at radius 3 is 2.61 bits per heavy atom. The topological polar surface area (TPSA) is 102 Å². The first-order valence-corrected chi connectivity index (χ1v) is 11.1. The van der Waals surface area contributed by atoms with Crippen LogP contribution in [0.15, 0.2) is 36.4 Å². The Bertz CT molecular complexity index is 1160. The lowest BCUT2D eigenvalue weighted by atomic mass is 9.99. The molecular formula is C25H24N2O6. The van der Waals surface area contributed by atoms with Gasteiger partial charge in [-0.3, -0.25) is 24.5 Å². The quantitative estimate of drug-likeness (QED) is 0.678. The lowest BCUT2D eigenvalue weighted by molar-refractivity contribution is -0.137. The fourth-order valence-electron chi connectivity index (χ4n) is 4.58. The minimum atomic E-state index is -0.626. The molecule has 0 saturated carbocycles. The zero-order chi connectivity index (χ0) is 22.9. The van der Waals surface area contributed by atoms with Crippen molar-refractivity contribution in [2.75, 3.05) is 13.2 Å². The predicted octanol–water partition coefficient (Wildman–Crippen LogP) is 1.96. The summed E-state index contributed by atoms with van der Waals surface area (Å²) < 4.78 is 11.1. The Labute approximate surface area is 190 Å². The minimum absolute atomic E-state index is 0.119. The van der Waals surface area contributed by atoms with Crippen molar-refractivity contribution in [1.29, 1.82) is 0 Å². The molecule has 3 aliphatic heterocycles. The molecule has 170 valence electrons. The van der Waals surface area contributed by atoms with E-state index in [1.807, 2.05) is 30.3 Å². The number of hydrogen-bond donors (Lipinski definition) is 1. The Kier molecular flexibility index (Phi) is 5.58. The molecule has 1 unspecified atom stereocenters. The summed E-state index contributed by atoms with van der Waals surface area (Å²) in [5, 5.41) is 2.31. The van der Waals surface area contributed by atoms with Crippen LogP contribution in [-0.2, 0) is 33.8 Å². The minimum Gasteiger partial charge on any atom is -0.486 e. The number of carbonyl (C=O) groups excluding carboxylic acids is 4. The summed E-state index contributed by atoms with van der Waals surface area (Å²) in [4.78, 5) is 50.5. The fraction of sp³-hybridized carbons (Fsp3) is 0.360. The van der Waals surface area contributed by atoms with E-state index < -0.39 is 11.9 Å². The molecule has 3 aliphatic rings. The van der Waals surface area contributed by atoms with Crippen LogP contribution in [0.5, 0.6) is 11.5 Å². The second-order valence-corrected chi connectivity index (χ2v) is 8.58. The van der Waals surface area contributed by atoms with Crippen LogP contribution in [0.2, 0.25) is 0 Å². The number of rotatable bonds is 6. The van der Waals surface area contributed by atoms with Crippen LogP contribution in [0.3, 0.4) is 0 Å². The number of nitrogens with one attached hydrogen (secondary N) is 1. The number of ether oxygens (including phenoxy) is 2. The average Bonchev–Trinajstić information content (AvgIpc) is 3.13. The third kappa shape index (κ3) is 4.33. The van der Waals surface area contributed by atoms with E-state index in [0.29, 0.717) is 62.5 Å². The summed E-state index contributed by atoms with van der Waals surface area (Å²) in [6, 6.07) is 10.5. The van der Waals surface area contributed by atoms with E-state index in [2.05, 4.69) is 5.32 Å². The third-order valence-electron chi connectivity index (χ3n) is 6.29. The summed E-state index contributed by atoms with van der Waals surface area (Å²) in [6.07, 6.45) is 1.85. The number of imide groups is 1. The molecule has 2 aromatic carbocycles. The highest BCUT2D eigenvalue weighted by molar-refractivity contribution is 6.05. The number of benzene rings is 2. The first-order chi connectivity index (χ1) is 16.0. The lowest BCUT2D eigenvalue weighted by Crippen LogP contribution is -2.52. The van der Waals surface area contributed by atoms with Crippen molar-refractivity contribution in [2.24, 2.45) is 0 Å². The summed E-state index contributed by atoms with van der Waals surface area (Å²) >= 11 is 0. The number of amides is 3. The first kappa shape index (κ1) is 21.2. The SMILES string of the molecule is O=C(CCc1ccc2c(c1)CN(C1CCC(=O)NC1=O)C2=O)Cc1ccc2c(c1)OCCO2. The highest BCUT2D eigenvalue weighted by Crippen LogP contribution is 2.31. The number of hydrogen-bond acceptors (Lipinski definition) is 6. The highest BCUT2D eigenvalue weighted by Gasteiger charge is 2.39. The van der Waals surface area contributed by atoms with Gasteiger partial charge in [-0.1, -0.05) is 18.2 Å². The average molecular weight is 448 g/mol. The maximum Gasteiger partial charge on any atom is 0.255 e. The normalized spacial score (nSPS) is 19.3. The van der Waals surface area contributed by atoms with E-state index in [4.69, 9.17) is 9.47 Å². The van der Waals surface area contributed by atoms with Gasteiger partial charge in [0.05, 0.1) is 0 Å². The van der Waals surface area contributed by atoms with Gasteiger partial charge in [0.25, 0.3) is 5.91 Å². The van der Waals surface area contributed by atoms with Gasteiger partial charge in [0.15, 0.2) is 11.5 Å². The number of ketones is 1. The van der Waals surface area contributed by atoms with Crippen LogP contribution in [-0.4, -0.2) is 47.7 Å². The molecule has 3 amide bonds. The second kappa shape index (κ2) is 8.69. The van der Waals surface area contributed by atoms with Crippen molar-refractivity contribution in [2.45, 2.75) is 44.7 Å². The van der Waals surface area contributed by atoms with Crippen LogP contribution in [0.1, 0.15) is 46.3 Å². The number of nitrogens with zero attached hydrogens (tertiary/aromatic N) is 1. The zero-order valence-electron chi connectivity index (χ0n) is 18.1. The van der Waals surface area contributed by atoms with Crippen molar-refractivity contribution in [3.05, 3.63) is 58.7 Å². The van der Waals surface area contributed by atoms with Crippen LogP contribution in [0.4, 0.5) is 0 Å². The Morgan fingerprint density at radius 1 is 1.00 bits per heavy atom. The molecule has 0 spiro atoms. The van der Waals surface area contributed by atoms with E-state index >= 15 is 0 Å². The molecule has 8 nitrogen and oxygen atoms in total. The number of fused-ring (bicyclic) bond motifs is 2. The van der Waals surface area contributed by atoms with Gasteiger partial charge in [-0.2, -0.15) is 0 Å². The van der Waals surface area contributed by atoms with Crippen molar-refractivity contribution < 1.29 is 28.7 Å². The van der Waals surface area contributed by atoms with E-state index in [0.717, 1.165) is 16.7 Å². The van der Waals surface area contributed by atoms with Crippen LogP contribution >= 0.6 is 0 Å². The van der Waals surface area contributed by atoms with Gasteiger partial charge in [0.2, 0.25) is 11.8 Å². The molecule has 8 heteroatoms. The molecule has 2 aromatic rings. The summed E-state index contributed by atoms with van der Waals surface area (Å²) in [5.41, 5.74) is 3.29. The summed E-state index contributed by atoms with van der Waals surface area (Å²) in [7, 11) is 0. The van der Waals surface area contributed by atoms with E-state index in [-0.39, 0.29) is 24.0 Å². The molecule has 1 N–H and O–H groups in total. The fourth-order valence-corrected chi connectivity index (χ4v) is 4.58. The van der Waals surface area contributed by atoms with Crippen molar-refractivity contribution >= 4 is 23.5 Å². The van der Waals surface area contributed by atoms with E-state index in [1.54, 1.807) is 6.07 Å². The third-order valence-corrected chi connectivity index (χ3v) is 6.29. The van der Waals surface area contributed by atoms with Crippen LogP contribution < -0.4 is 14.8 Å². The molecule has 1 saturated heterocycles. The molecule has 0 radical (unpaired) electrons. The van der Waals surface area contributed by atoms with Crippen molar-refractivity contribution in [3.63, 3.8) is 0 Å². The Hall–Kier alpha value is -3.68. The van der Waals surface area contributed by atoms with E-state index in [9.17, 15) is 19.2 Å². The number of piperidine rings is 1. The molecule has 1 fully saturated rings. The standard InChI is InChI=1S/C25H24N2O6/c28-18(12-16-3-7-21-22(13-16)33-10-9-32-21)4-1-15-2-5-19-17(11-15)14-27(25(19)31)20-6-8-23(29)26-24(20)30/h2-3,5,7,11,13,20H,1,4,6,8-10,12,14H2,(H,26,29,30). The van der Waals surface area contributed by atoms with Gasteiger partial charge in [-0.25, -0.2) is 0 Å². The molecule has 0 aromatic heterocycles. The van der Waals surface area contributed by atoms with Crippen LogP contribution in [0.25, 0.3) is 0 Å². The van der Waals surface area contributed by atoms with Gasteiger partial charge in [-0.05, 0) is 47.7 Å². The highest BCUT2D eigenvalue weighted by atomic mass is 16.6.